The molecule has 0 fully saturated rings. The number of allylic oxidation sites excluding steroid dienone is 4. The molecule has 5 nitrogen and oxygen atoms in total. The molecule has 0 saturated heterocycles. The van der Waals surface area contributed by atoms with Gasteiger partial charge in [-0.1, -0.05) is 13.8 Å². The fraction of sp³-hybridized carbons (Fsp3) is 0.562. The molecule has 5 heteroatoms. The monoisotopic (exact) mass is 284 g/mol. The van der Waals surface area contributed by atoms with Crippen LogP contribution in [0.3, 0.4) is 0 Å². The van der Waals surface area contributed by atoms with Crippen LogP contribution in [0.2, 0.25) is 0 Å². The molecule has 0 spiro atoms. The van der Waals surface area contributed by atoms with Crippen LogP contribution in [0, 0.1) is 39.4 Å². The molecule has 0 unspecified atom stereocenters. The van der Waals surface area contributed by atoms with Gasteiger partial charge in [-0.05, 0) is 18.3 Å². The van der Waals surface area contributed by atoms with E-state index in [2.05, 4.69) is 19.9 Å². The summed E-state index contributed by atoms with van der Waals surface area (Å²) in [7, 11) is 3.54. The number of hydrogen-bond donors (Lipinski definition) is 0. The molecule has 0 atom stereocenters. The number of hydrogen-bond acceptors (Lipinski definition) is 5. The first-order chi connectivity index (χ1) is 9.90. The minimum Gasteiger partial charge on any atom is -0.383 e. The van der Waals surface area contributed by atoms with Gasteiger partial charge < -0.3 is 9.64 Å². The summed E-state index contributed by atoms with van der Waals surface area (Å²) in [5.74, 6) is 0. The Morgan fingerprint density at radius 1 is 1.24 bits per heavy atom. The maximum Gasteiger partial charge on any atom is 0.134 e. The summed E-state index contributed by atoms with van der Waals surface area (Å²) in [6.07, 6.45) is 1.30. The normalized spacial score (nSPS) is 16.7. The van der Waals surface area contributed by atoms with E-state index in [-0.39, 0.29) is 11.0 Å². The predicted molar refractivity (Wildman–Crippen MR) is 78.4 cm³/mol. The standard InChI is InChI=1S/C16H20N4O/c1-16(2)7-13(12(9-17)10-18)14(11-19)15(8-16)20(3)5-6-21-4/h5-8H2,1-4H3. The van der Waals surface area contributed by atoms with Crippen LogP contribution in [-0.4, -0.2) is 32.2 Å². The van der Waals surface area contributed by atoms with Crippen molar-refractivity contribution in [2.24, 2.45) is 5.41 Å². The van der Waals surface area contributed by atoms with Crippen molar-refractivity contribution in [3.63, 3.8) is 0 Å². The average molecular weight is 284 g/mol. The molecule has 1 aliphatic rings. The van der Waals surface area contributed by atoms with Crippen molar-refractivity contribution in [3.8, 4) is 18.2 Å². The van der Waals surface area contributed by atoms with Crippen molar-refractivity contribution >= 4 is 0 Å². The van der Waals surface area contributed by atoms with Crippen LogP contribution in [0.5, 0.6) is 0 Å². The van der Waals surface area contributed by atoms with Gasteiger partial charge in [0.15, 0.2) is 0 Å². The van der Waals surface area contributed by atoms with Crippen molar-refractivity contribution in [2.75, 3.05) is 27.3 Å². The zero-order valence-corrected chi connectivity index (χ0v) is 13.0. The molecule has 0 N–H and O–H groups in total. The van der Waals surface area contributed by atoms with Gasteiger partial charge >= 0.3 is 0 Å². The van der Waals surface area contributed by atoms with Crippen LogP contribution in [0.4, 0.5) is 0 Å². The van der Waals surface area contributed by atoms with Crippen molar-refractivity contribution in [2.45, 2.75) is 26.7 Å². The van der Waals surface area contributed by atoms with Gasteiger partial charge in [0, 0.05) is 32.0 Å². The highest BCUT2D eigenvalue weighted by Crippen LogP contribution is 2.43. The zero-order chi connectivity index (χ0) is 16.0. The zero-order valence-electron chi connectivity index (χ0n) is 13.0. The molecule has 1 aliphatic carbocycles. The van der Waals surface area contributed by atoms with Crippen LogP contribution >= 0.6 is 0 Å². The van der Waals surface area contributed by atoms with Crippen molar-refractivity contribution in [1.82, 2.24) is 4.90 Å². The Balaban J connectivity index is 3.42. The summed E-state index contributed by atoms with van der Waals surface area (Å²) in [4.78, 5) is 1.98. The second-order valence-electron chi connectivity index (χ2n) is 5.94. The summed E-state index contributed by atoms with van der Waals surface area (Å²) < 4.78 is 5.08. The van der Waals surface area contributed by atoms with Gasteiger partial charge in [0.1, 0.15) is 23.8 Å². The number of nitrogens with zero attached hydrogens (tertiary/aromatic N) is 4. The third-order valence-corrected chi connectivity index (χ3v) is 3.62. The van der Waals surface area contributed by atoms with Crippen molar-refractivity contribution in [3.05, 3.63) is 22.4 Å². The van der Waals surface area contributed by atoms with E-state index in [1.54, 1.807) is 7.11 Å². The molecule has 0 saturated carbocycles. The van der Waals surface area contributed by atoms with Gasteiger partial charge in [-0.2, -0.15) is 15.8 Å². The largest absolute Gasteiger partial charge is 0.383 e. The van der Waals surface area contributed by atoms with Gasteiger partial charge in [-0.15, -0.1) is 0 Å². The van der Waals surface area contributed by atoms with Crippen LogP contribution in [-0.2, 0) is 4.74 Å². The maximum absolute atomic E-state index is 9.50. The number of ether oxygens (including phenoxy) is 1. The number of rotatable bonds is 4. The van der Waals surface area contributed by atoms with E-state index in [0.29, 0.717) is 30.7 Å². The maximum atomic E-state index is 9.50. The molecular formula is C16H20N4O. The Hall–Kier alpha value is -2.29. The molecule has 1 rings (SSSR count). The Labute approximate surface area is 126 Å². The SMILES string of the molecule is COCCN(C)C1=C(C#N)C(=C(C#N)C#N)CC(C)(C)C1. The Morgan fingerprint density at radius 2 is 1.86 bits per heavy atom. The first kappa shape index (κ1) is 16.8. The van der Waals surface area contributed by atoms with Gasteiger partial charge in [0.05, 0.1) is 12.2 Å². The molecule has 21 heavy (non-hydrogen) atoms. The molecule has 0 aromatic carbocycles. The van der Waals surface area contributed by atoms with E-state index >= 15 is 0 Å². The van der Waals surface area contributed by atoms with Gasteiger partial charge in [-0.3, -0.25) is 0 Å². The molecule has 110 valence electrons. The van der Waals surface area contributed by atoms with E-state index in [1.165, 1.54) is 0 Å². The summed E-state index contributed by atoms with van der Waals surface area (Å²) in [5.41, 5.74) is 1.86. The highest BCUT2D eigenvalue weighted by atomic mass is 16.5. The summed E-state index contributed by atoms with van der Waals surface area (Å²) in [5, 5.41) is 27.8. The van der Waals surface area contributed by atoms with Crippen molar-refractivity contribution in [1.29, 1.82) is 15.8 Å². The second kappa shape index (κ2) is 6.93. The van der Waals surface area contributed by atoms with Crippen LogP contribution in [0.25, 0.3) is 0 Å². The average Bonchev–Trinajstić information content (AvgIpc) is 2.44. The summed E-state index contributed by atoms with van der Waals surface area (Å²) in [6.45, 7) is 5.38. The highest BCUT2D eigenvalue weighted by molar-refractivity contribution is 5.57. The minimum absolute atomic E-state index is 0.0389. The van der Waals surface area contributed by atoms with Gasteiger partial charge in [-0.25, -0.2) is 0 Å². The molecular weight excluding hydrogens is 264 g/mol. The summed E-state index contributed by atoms with van der Waals surface area (Å²) in [6, 6.07) is 6.02. The topological polar surface area (TPSA) is 83.8 Å². The molecule has 0 heterocycles. The van der Waals surface area contributed by atoms with E-state index in [0.717, 1.165) is 12.1 Å². The molecule has 0 aliphatic heterocycles. The fourth-order valence-corrected chi connectivity index (χ4v) is 2.54. The van der Waals surface area contributed by atoms with Crippen LogP contribution in [0.1, 0.15) is 26.7 Å². The lowest BCUT2D eigenvalue weighted by molar-refractivity contribution is 0.166. The third-order valence-electron chi connectivity index (χ3n) is 3.62. The Morgan fingerprint density at radius 3 is 2.33 bits per heavy atom. The molecule has 0 radical (unpaired) electrons. The van der Waals surface area contributed by atoms with Crippen molar-refractivity contribution < 1.29 is 4.74 Å². The lowest BCUT2D eigenvalue weighted by Crippen LogP contribution is -2.31. The number of methoxy groups -OCH3 is 1. The van der Waals surface area contributed by atoms with Crippen LogP contribution < -0.4 is 0 Å². The Bertz CT molecular complexity index is 577. The lowest BCUT2D eigenvalue weighted by Gasteiger charge is -2.37. The molecule has 0 aromatic heterocycles. The van der Waals surface area contributed by atoms with Gasteiger partial charge in [0.2, 0.25) is 0 Å². The smallest absolute Gasteiger partial charge is 0.134 e. The summed E-state index contributed by atoms with van der Waals surface area (Å²) >= 11 is 0. The predicted octanol–water partition coefficient (Wildman–Crippen LogP) is 2.51. The molecule has 0 amide bonds. The van der Waals surface area contributed by atoms with E-state index in [1.807, 2.05) is 24.1 Å². The van der Waals surface area contributed by atoms with Gasteiger partial charge in [0.25, 0.3) is 0 Å². The molecule has 0 aromatic rings. The third kappa shape index (κ3) is 3.85. The van der Waals surface area contributed by atoms with Crippen LogP contribution in [0.15, 0.2) is 22.4 Å². The molecule has 0 bridgehead atoms. The quantitative estimate of drug-likeness (QED) is 0.740. The lowest BCUT2D eigenvalue weighted by atomic mass is 9.72. The highest BCUT2D eigenvalue weighted by Gasteiger charge is 2.33. The fourth-order valence-electron chi connectivity index (χ4n) is 2.54. The number of nitriles is 3. The number of likely N-dealkylation sites (N-methyl/N-ethyl adjacent to an activating group) is 1. The second-order valence-corrected chi connectivity index (χ2v) is 5.94. The Kier molecular flexibility index (Phi) is 5.53. The minimum atomic E-state index is -0.0920. The first-order valence-corrected chi connectivity index (χ1v) is 6.77. The van der Waals surface area contributed by atoms with E-state index < -0.39 is 0 Å². The first-order valence-electron chi connectivity index (χ1n) is 6.77. The van der Waals surface area contributed by atoms with E-state index in [4.69, 9.17) is 15.3 Å². The van der Waals surface area contributed by atoms with E-state index in [9.17, 15) is 5.26 Å².